The van der Waals surface area contributed by atoms with Crippen LogP contribution in [0.3, 0.4) is 0 Å². The molecule has 0 fully saturated rings. The van der Waals surface area contributed by atoms with Crippen molar-refractivity contribution in [3.8, 4) is 0 Å². The first-order chi connectivity index (χ1) is 11.8. The molecule has 25 heavy (non-hydrogen) atoms. The Morgan fingerprint density at radius 2 is 2.00 bits per heavy atom. The summed E-state index contributed by atoms with van der Waals surface area (Å²) in [7, 11) is 0. The van der Waals surface area contributed by atoms with Crippen LogP contribution in [0.25, 0.3) is 10.9 Å². The Morgan fingerprint density at radius 1 is 1.28 bits per heavy atom. The molecule has 2 rings (SSSR count). The van der Waals surface area contributed by atoms with Crippen LogP contribution in [0.5, 0.6) is 0 Å². The fourth-order valence-electron chi connectivity index (χ4n) is 2.50. The molecular weight excluding hydrogens is 320 g/mol. The number of nitrogens with two attached hydrogens (primary N) is 1. The number of H-pyrrole nitrogens is 1. The van der Waals surface area contributed by atoms with E-state index in [0.29, 0.717) is 19.5 Å². The summed E-state index contributed by atoms with van der Waals surface area (Å²) in [6.45, 7) is 6.00. The molecule has 7 heteroatoms. The number of ether oxygens (including phenoxy) is 1. The van der Waals surface area contributed by atoms with Crippen LogP contribution in [0.15, 0.2) is 30.5 Å². The Hall–Kier alpha value is -2.54. The van der Waals surface area contributed by atoms with Gasteiger partial charge in [-0.25, -0.2) is 4.79 Å². The lowest BCUT2D eigenvalue weighted by Crippen LogP contribution is -2.50. The summed E-state index contributed by atoms with van der Waals surface area (Å²) in [4.78, 5) is 27.7. The summed E-state index contributed by atoms with van der Waals surface area (Å²) >= 11 is 0. The van der Waals surface area contributed by atoms with Crippen LogP contribution in [-0.4, -0.2) is 41.7 Å². The summed E-state index contributed by atoms with van der Waals surface area (Å²) < 4.78 is 5.27. The van der Waals surface area contributed by atoms with E-state index in [1.807, 2.05) is 30.5 Å². The fraction of sp³-hybridized carbons (Fsp3) is 0.444. The van der Waals surface area contributed by atoms with E-state index < -0.39 is 17.7 Å². The molecule has 0 saturated heterocycles. The number of hydrogen-bond donors (Lipinski definition) is 4. The maximum atomic E-state index is 12.4. The van der Waals surface area contributed by atoms with Crippen molar-refractivity contribution in [2.75, 3.05) is 13.1 Å². The van der Waals surface area contributed by atoms with Crippen molar-refractivity contribution in [1.29, 1.82) is 0 Å². The van der Waals surface area contributed by atoms with Gasteiger partial charge in [-0.05, 0) is 32.4 Å². The predicted octanol–water partition coefficient (Wildman–Crippen LogP) is 1.68. The summed E-state index contributed by atoms with van der Waals surface area (Å²) in [5, 5.41) is 6.39. The number of aromatic nitrogens is 1. The predicted molar refractivity (Wildman–Crippen MR) is 97.2 cm³/mol. The first-order valence-electron chi connectivity index (χ1n) is 8.32. The molecule has 1 atom stereocenters. The zero-order valence-corrected chi connectivity index (χ0v) is 14.9. The highest BCUT2D eigenvalue weighted by Crippen LogP contribution is 2.19. The highest BCUT2D eigenvalue weighted by atomic mass is 16.6. The van der Waals surface area contributed by atoms with E-state index >= 15 is 0 Å². The number of aromatic amines is 1. The van der Waals surface area contributed by atoms with Gasteiger partial charge in [-0.3, -0.25) is 4.79 Å². The molecule has 5 N–H and O–H groups in total. The van der Waals surface area contributed by atoms with E-state index in [0.717, 1.165) is 16.5 Å². The molecule has 0 saturated carbocycles. The van der Waals surface area contributed by atoms with Crippen molar-refractivity contribution in [2.24, 2.45) is 5.73 Å². The van der Waals surface area contributed by atoms with Gasteiger partial charge in [-0.2, -0.15) is 0 Å². The number of benzene rings is 1. The second kappa shape index (κ2) is 8.02. The van der Waals surface area contributed by atoms with Gasteiger partial charge in [0.05, 0.1) is 0 Å². The lowest BCUT2D eigenvalue weighted by atomic mass is 10.0. The van der Waals surface area contributed by atoms with Gasteiger partial charge in [0.15, 0.2) is 0 Å². The molecule has 136 valence electrons. The molecule has 0 aliphatic carbocycles. The van der Waals surface area contributed by atoms with E-state index in [1.54, 1.807) is 20.8 Å². The molecule has 0 spiro atoms. The van der Waals surface area contributed by atoms with Gasteiger partial charge in [0.25, 0.3) is 0 Å². The minimum Gasteiger partial charge on any atom is -0.444 e. The molecule has 0 aliphatic heterocycles. The van der Waals surface area contributed by atoms with Crippen LogP contribution in [0.2, 0.25) is 0 Å². The van der Waals surface area contributed by atoms with Crippen molar-refractivity contribution >= 4 is 22.9 Å². The Labute approximate surface area is 147 Å². The van der Waals surface area contributed by atoms with Crippen molar-refractivity contribution in [2.45, 2.75) is 38.8 Å². The Balaban J connectivity index is 2.16. The quantitative estimate of drug-likeness (QED) is 0.638. The number of alkyl carbamates (subject to hydrolysis) is 1. The van der Waals surface area contributed by atoms with E-state index in [1.165, 1.54) is 0 Å². The number of rotatable bonds is 6. The van der Waals surface area contributed by atoms with E-state index in [-0.39, 0.29) is 5.91 Å². The third-order valence-electron chi connectivity index (χ3n) is 3.55. The largest absolute Gasteiger partial charge is 0.444 e. The average molecular weight is 346 g/mol. The van der Waals surface area contributed by atoms with Crippen molar-refractivity contribution in [3.05, 3.63) is 36.0 Å². The molecule has 0 bridgehead atoms. The monoisotopic (exact) mass is 346 g/mol. The van der Waals surface area contributed by atoms with Gasteiger partial charge in [0.1, 0.15) is 11.6 Å². The van der Waals surface area contributed by atoms with Gasteiger partial charge < -0.3 is 26.1 Å². The maximum absolute atomic E-state index is 12.4. The molecule has 2 aromatic rings. The smallest absolute Gasteiger partial charge is 0.408 e. The van der Waals surface area contributed by atoms with E-state index in [4.69, 9.17) is 10.5 Å². The summed E-state index contributed by atoms with van der Waals surface area (Å²) in [6.07, 6.45) is 1.57. The van der Waals surface area contributed by atoms with Gasteiger partial charge >= 0.3 is 6.09 Å². The number of amides is 2. The first kappa shape index (κ1) is 18.8. The molecule has 0 aliphatic rings. The first-order valence-corrected chi connectivity index (χ1v) is 8.32. The van der Waals surface area contributed by atoms with Crippen LogP contribution < -0.4 is 16.4 Å². The van der Waals surface area contributed by atoms with Crippen LogP contribution in [0.1, 0.15) is 26.3 Å². The molecular formula is C18H26N4O3. The van der Waals surface area contributed by atoms with Crippen molar-refractivity contribution in [3.63, 3.8) is 0 Å². The zero-order valence-electron chi connectivity index (χ0n) is 14.9. The summed E-state index contributed by atoms with van der Waals surface area (Å²) in [5.74, 6) is -0.290. The Bertz CT molecular complexity index is 733. The second-order valence-corrected chi connectivity index (χ2v) is 6.84. The number of carbonyl (C=O) groups is 2. The molecule has 7 nitrogen and oxygen atoms in total. The van der Waals surface area contributed by atoms with E-state index in [2.05, 4.69) is 15.6 Å². The fourth-order valence-corrected chi connectivity index (χ4v) is 2.50. The average Bonchev–Trinajstić information content (AvgIpc) is 2.93. The van der Waals surface area contributed by atoms with E-state index in [9.17, 15) is 9.59 Å². The highest BCUT2D eigenvalue weighted by molar-refractivity contribution is 5.88. The third-order valence-corrected chi connectivity index (χ3v) is 3.55. The van der Waals surface area contributed by atoms with Crippen LogP contribution >= 0.6 is 0 Å². The third kappa shape index (κ3) is 5.49. The van der Waals surface area contributed by atoms with Crippen molar-refractivity contribution in [1.82, 2.24) is 15.6 Å². The minimum absolute atomic E-state index is 0.290. The van der Waals surface area contributed by atoms with Gasteiger partial charge in [-0.1, -0.05) is 18.2 Å². The zero-order chi connectivity index (χ0) is 18.4. The van der Waals surface area contributed by atoms with Gasteiger partial charge in [0.2, 0.25) is 5.91 Å². The molecule has 1 aromatic carbocycles. The summed E-state index contributed by atoms with van der Waals surface area (Å²) in [6, 6.07) is 7.06. The number of carbonyl (C=O) groups excluding carboxylic acids is 2. The standard InChI is InChI=1S/C18H26N4O3/c1-18(2,3)25-17(24)22-15(16(23)20-9-8-19)10-12-11-21-14-7-5-4-6-13(12)14/h4-7,11,15,21H,8-10,19H2,1-3H3,(H,20,23)(H,22,24)/t15-/m0/s1. The van der Waals surface area contributed by atoms with Crippen LogP contribution in [0, 0.1) is 0 Å². The van der Waals surface area contributed by atoms with Crippen molar-refractivity contribution < 1.29 is 14.3 Å². The lowest BCUT2D eigenvalue weighted by Gasteiger charge is -2.23. The number of hydrogen-bond acceptors (Lipinski definition) is 4. The maximum Gasteiger partial charge on any atom is 0.408 e. The van der Waals surface area contributed by atoms with Gasteiger partial charge in [0, 0.05) is 36.6 Å². The number of nitrogens with one attached hydrogen (secondary N) is 3. The second-order valence-electron chi connectivity index (χ2n) is 6.84. The normalized spacial score (nSPS) is 12.6. The molecule has 1 heterocycles. The highest BCUT2D eigenvalue weighted by Gasteiger charge is 2.25. The Kier molecular flexibility index (Phi) is 6.03. The lowest BCUT2D eigenvalue weighted by molar-refractivity contribution is -0.123. The summed E-state index contributed by atoms with van der Waals surface area (Å²) in [5.41, 5.74) is 6.73. The topological polar surface area (TPSA) is 109 Å². The number of para-hydroxylation sites is 1. The number of fused-ring (bicyclic) bond motifs is 1. The molecule has 0 unspecified atom stereocenters. The van der Waals surface area contributed by atoms with Gasteiger partial charge in [-0.15, -0.1) is 0 Å². The van der Waals surface area contributed by atoms with Crippen LogP contribution in [-0.2, 0) is 16.0 Å². The molecule has 1 aromatic heterocycles. The molecule has 0 radical (unpaired) electrons. The molecule has 2 amide bonds. The SMILES string of the molecule is CC(C)(C)OC(=O)N[C@@H](Cc1c[nH]c2ccccc12)C(=O)NCCN. The Morgan fingerprint density at radius 3 is 2.68 bits per heavy atom. The minimum atomic E-state index is -0.749. The van der Waals surface area contributed by atoms with Crippen LogP contribution in [0.4, 0.5) is 4.79 Å².